The first kappa shape index (κ1) is 10.0. The van der Waals surface area contributed by atoms with E-state index < -0.39 is 0 Å². The minimum atomic E-state index is -0.299. The number of aromatic amines is 1. The number of hydrogen-bond donors (Lipinski definition) is 2. The van der Waals surface area contributed by atoms with Crippen molar-refractivity contribution < 1.29 is 4.29 Å². The highest BCUT2D eigenvalue weighted by atomic mass is 35.5. The number of nitrogens with two attached hydrogens (primary N) is 1. The normalized spacial score (nSPS) is 12.4. The van der Waals surface area contributed by atoms with E-state index in [2.05, 4.69) is 14.3 Å². The van der Waals surface area contributed by atoms with E-state index in [9.17, 15) is 0 Å². The summed E-state index contributed by atoms with van der Waals surface area (Å²) in [6.45, 7) is 0. The van der Waals surface area contributed by atoms with Crippen LogP contribution in [-0.2, 0) is 0 Å². The van der Waals surface area contributed by atoms with Crippen LogP contribution in [0.2, 0.25) is 0 Å². The average Bonchev–Trinajstić information content (AvgIpc) is 2.81. The van der Waals surface area contributed by atoms with E-state index in [0.717, 1.165) is 5.56 Å². The van der Waals surface area contributed by atoms with Crippen molar-refractivity contribution in [3.8, 4) is 5.75 Å². The van der Waals surface area contributed by atoms with Gasteiger partial charge in [0.05, 0.1) is 6.04 Å². The summed E-state index contributed by atoms with van der Waals surface area (Å²) in [5, 5.41) is 0. The minimum absolute atomic E-state index is 0.299. The van der Waals surface area contributed by atoms with Gasteiger partial charge in [-0.05, 0) is 17.7 Å². The van der Waals surface area contributed by atoms with Gasteiger partial charge in [-0.15, -0.1) is 0 Å². The third-order valence-electron chi connectivity index (χ3n) is 2.12. The van der Waals surface area contributed by atoms with E-state index in [-0.39, 0.29) is 6.04 Å². The SMILES string of the molecule is NC(c1cccc(OCl)c1)c1ncc[nH]1. The molecule has 4 nitrogen and oxygen atoms in total. The molecule has 0 bridgehead atoms. The van der Waals surface area contributed by atoms with Crippen molar-refractivity contribution in [1.29, 1.82) is 0 Å². The molecule has 0 fully saturated rings. The van der Waals surface area contributed by atoms with Crippen LogP contribution >= 0.6 is 11.9 Å². The summed E-state index contributed by atoms with van der Waals surface area (Å²) in [6.07, 6.45) is 3.40. The number of H-pyrrole nitrogens is 1. The van der Waals surface area contributed by atoms with Crippen molar-refractivity contribution in [2.45, 2.75) is 6.04 Å². The molecule has 0 saturated heterocycles. The summed E-state index contributed by atoms with van der Waals surface area (Å²) in [4.78, 5) is 7.06. The van der Waals surface area contributed by atoms with Gasteiger partial charge in [-0.2, -0.15) is 0 Å². The fraction of sp³-hybridized carbons (Fsp3) is 0.100. The largest absolute Gasteiger partial charge is 0.386 e. The highest BCUT2D eigenvalue weighted by Gasteiger charge is 2.11. The fourth-order valence-electron chi connectivity index (χ4n) is 1.36. The molecule has 2 aromatic rings. The number of benzene rings is 1. The average molecular weight is 224 g/mol. The lowest BCUT2D eigenvalue weighted by Gasteiger charge is -2.09. The summed E-state index contributed by atoms with van der Waals surface area (Å²) in [6, 6.07) is 6.96. The molecule has 0 spiro atoms. The zero-order valence-electron chi connectivity index (χ0n) is 7.85. The van der Waals surface area contributed by atoms with Crippen LogP contribution < -0.4 is 10.0 Å². The van der Waals surface area contributed by atoms with Gasteiger partial charge in [0.15, 0.2) is 0 Å². The zero-order valence-corrected chi connectivity index (χ0v) is 8.61. The van der Waals surface area contributed by atoms with Crippen LogP contribution in [0.5, 0.6) is 5.75 Å². The van der Waals surface area contributed by atoms with Gasteiger partial charge in [-0.1, -0.05) is 12.1 Å². The van der Waals surface area contributed by atoms with Gasteiger partial charge in [0, 0.05) is 12.4 Å². The highest BCUT2D eigenvalue weighted by Crippen LogP contribution is 2.21. The van der Waals surface area contributed by atoms with E-state index in [1.165, 1.54) is 0 Å². The molecule has 0 saturated carbocycles. The fourth-order valence-corrected chi connectivity index (χ4v) is 1.46. The Bertz CT molecular complexity index is 430. The first-order valence-electron chi connectivity index (χ1n) is 4.44. The topological polar surface area (TPSA) is 63.9 Å². The summed E-state index contributed by atoms with van der Waals surface area (Å²) < 4.78 is 4.61. The molecule has 78 valence electrons. The van der Waals surface area contributed by atoms with Crippen molar-refractivity contribution in [3.05, 3.63) is 48.0 Å². The Morgan fingerprint density at radius 2 is 2.33 bits per heavy atom. The Kier molecular flexibility index (Phi) is 2.89. The molecule has 1 unspecified atom stereocenters. The number of nitrogens with zero attached hydrogens (tertiary/aromatic N) is 1. The molecule has 0 aliphatic rings. The predicted molar refractivity (Wildman–Crippen MR) is 57.5 cm³/mol. The van der Waals surface area contributed by atoms with Gasteiger partial charge < -0.3 is 15.0 Å². The Labute approximate surface area is 92.2 Å². The Morgan fingerprint density at radius 3 is 3.00 bits per heavy atom. The number of halogens is 1. The molecule has 0 aliphatic heterocycles. The molecule has 2 rings (SSSR count). The lowest BCUT2D eigenvalue weighted by Crippen LogP contribution is -2.13. The lowest BCUT2D eigenvalue weighted by molar-refractivity contribution is 0.616. The van der Waals surface area contributed by atoms with E-state index in [4.69, 9.17) is 17.6 Å². The Hall–Kier alpha value is -1.52. The van der Waals surface area contributed by atoms with Gasteiger partial charge >= 0.3 is 0 Å². The molecule has 1 aromatic heterocycles. The van der Waals surface area contributed by atoms with Crippen LogP contribution in [0.3, 0.4) is 0 Å². The number of rotatable bonds is 3. The number of hydrogen-bond acceptors (Lipinski definition) is 3. The van der Waals surface area contributed by atoms with Gasteiger partial charge in [0.2, 0.25) is 0 Å². The maximum absolute atomic E-state index is 5.99. The maximum atomic E-state index is 5.99. The van der Waals surface area contributed by atoms with Crippen LogP contribution in [0, 0.1) is 0 Å². The quantitative estimate of drug-likeness (QED) is 0.837. The van der Waals surface area contributed by atoms with E-state index in [0.29, 0.717) is 11.6 Å². The van der Waals surface area contributed by atoms with Crippen LogP contribution in [0.25, 0.3) is 0 Å². The second-order valence-electron chi connectivity index (χ2n) is 3.10. The molecule has 1 aromatic carbocycles. The van der Waals surface area contributed by atoms with Crippen molar-refractivity contribution >= 4 is 11.9 Å². The number of nitrogens with one attached hydrogen (secondary N) is 1. The van der Waals surface area contributed by atoms with Gasteiger partial charge in [-0.25, -0.2) is 4.98 Å². The van der Waals surface area contributed by atoms with E-state index >= 15 is 0 Å². The zero-order chi connectivity index (χ0) is 10.7. The van der Waals surface area contributed by atoms with Crippen LogP contribution in [0.4, 0.5) is 0 Å². The molecule has 1 heterocycles. The minimum Gasteiger partial charge on any atom is -0.386 e. The third-order valence-corrected chi connectivity index (χ3v) is 2.30. The number of aromatic nitrogens is 2. The maximum Gasteiger partial charge on any atom is 0.146 e. The number of imidazole rings is 1. The molecule has 3 N–H and O–H groups in total. The summed E-state index contributed by atoms with van der Waals surface area (Å²) >= 11 is 5.26. The molecule has 5 heteroatoms. The van der Waals surface area contributed by atoms with Gasteiger partial charge in [-0.3, -0.25) is 0 Å². The molecule has 0 amide bonds. The van der Waals surface area contributed by atoms with Crippen molar-refractivity contribution in [1.82, 2.24) is 9.97 Å². The Balaban J connectivity index is 2.29. The molecule has 0 radical (unpaired) electrons. The monoisotopic (exact) mass is 223 g/mol. The summed E-state index contributed by atoms with van der Waals surface area (Å²) in [7, 11) is 0. The van der Waals surface area contributed by atoms with E-state index in [1.54, 1.807) is 24.5 Å². The highest BCUT2D eigenvalue weighted by molar-refractivity contribution is 6.09. The first-order valence-corrected chi connectivity index (χ1v) is 4.75. The molecular weight excluding hydrogens is 214 g/mol. The second-order valence-corrected chi connectivity index (χ2v) is 3.26. The summed E-state index contributed by atoms with van der Waals surface area (Å²) in [5.41, 5.74) is 6.88. The van der Waals surface area contributed by atoms with Crippen LogP contribution in [-0.4, -0.2) is 9.97 Å². The smallest absolute Gasteiger partial charge is 0.146 e. The van der Waals surface area contributed by atoms with Crippen molar-refractivity contribution in [2.24, 2.45) is 5.73 Å². The standard InChI is InChI=1S/C10H10ClN3O/c11-15-8-3-1-2-7(6-8)9(12)10-13-4-5-14-10/h1-6,9H,12H2,(H,13,14). The Morgan fingerprint density at radius 1 is 1.47 bits per heavy atom. The van der Waals surface area contributed by atoms with Gasteiger partial charge in [0.1, 0.15) is 23.4 Å². The molecule has 15 heavy (non-hydrogen) atoms. The molecule has 1 atom stereocenters. The molecule has 0 aliphatic carbocycles. The van der Waals surface area contributed by atoms with E-state index in [1.807, 2.05) is 12.1 Å². The first-order chi connectivity index (χ1) is 7.31. The van der Waals surface area contributed by atoms with Crippen molar-refractivity contribution in [3.63, 3.8) is 0 Å². The van der Waals surface area contributed by atoms with Gasteiger partial charge in [0.25, 0.3) is 0 Å². The van der Waals surface area contributed by atoms with Crippen LogP contribution in [0.15, 0.2) is 36.7 Å². The third kappa shape index (κ3) is 2.11. The summed E-state index contributed by atoms with van der Waals surface area (Å²) in [5.74, 6) is 1.28. The molecular formula is C10H10ClN3O. The predicted octanol–water partition coefficient (Wildman–Crippen LogP) is 1.99. The lowest BCUT2D eigenvalue weighted by atomic mass is 10.1. The van der Waals surface area contributed by atoms with Crippen molar-refractivity contribution in [2.75, 3.05) is 0 Å². The van der Waals surface area contributed by atoms with Crippen LogP contribution in [0.1, 0.15) is 17.4 Å². The second kappa shape index (κ2) is 4.33.